The van der Waals surface area contributed by atoms with E-state index in [-0.39, 0.29) is 17.6 Å². The number of esters is 1. The second-order valence-electron chi connectivity index (χ2n) is 7.71. The molecule has 1 fully saturated rings. The van der Waals surface area contributed by atoms with Crippen LogP contribution in [0.3, 0.4) is 0 Å². The van der Waals surface area contributed by atoms with Crippen LogP contribution in [-0.4, -0.2) is 42.6 Å². The van der Waals surface area contributed by atoms with Gasteiger partial charge in [-0.15, -0.1) is 0 Å². The predicted octanol–water partition coefficient (Wildman–Crippen LogP) is 4.89. The van der Waals surface area contributed by atoms with E-state index in [2.05, 4.69) is 15.2 Å². The lowest BCUT2D eigenvalue weighted by molar-refractivity contribution is -0.137. The molecule has 4 rings (SSSR count). The number of halogens is 3. The summed E-state index contributed by atoms with van der Waals surface area (Å²) in [5.41, 5.74) is 0.432. The van der Waals surface area contributed by atoms with Crippen molar-refractivity contribution in [2.75, 3.05) is 24.6 Å². The maximum Gasteiger partial charge on any atom is 0.416 e. The van der Waals surface area contributed by atoms with Gasteiger partial charge in [-0.2, -0.15) is 13.2 Å². The van der Waals surface area contributed by atoms with Gasteiger partial charge in [0.05, 0.1) is 28.0 Å². The van der Waals surface area contributed by atoms with E-state index in [1.807, 2.05) is 0 Å². The van der Waals surface area contributed by atoms with E-state index >= 15 is 0 Å². The number of nitrogens with zero attached hydrogens (tertiary/aromatic N) is 2. The Hall–Kier alpha value is -3.14. The van der Waals surface area contributed by atoms with Crippen LogP contribution in [0.5, 0.6) is 0 Å². The molecule has 0 saturated carbocycles. The van der Waals surface area contributed by atoms with Crippen molar-refractivity contribution in [2.24, 2.45) is 0 Å². The van der Waals surface area contributed by atoms with E-state index in [1.54, 1.807) is 25.1 Å². The van der Waals surface area contributed by atoms with Crippen molar-refractivity contribution in [1.29, 1.82) is 0 Å². The molecule has 2 heterocycles. The predicted molar refractivity (Wildman–Crippen MR) is 120 cm³/mol. The molecule has 3 aromatic rings. The maximum atomic E-state index is 12.9. The molecule has 174 valence electrons. The Morgan fingerprint density at radius 3 is 2.61 bits per heavy atom. The first-order valence-electron chi connectivity index (χ1n) is 10.6. The third-order valence-corrected chi connectivity index (χ3v) is 6.52. The third-order valence-electron chi connectivity index (χ3n) is 5.44. The van der Waals surface area contributed by atoms with E-state index in [0.717, 1.165) is 27.5 Å². The summed E-state index contributed by atoms with van der Waals surface area (Å²) in [6, 6.07) is 9.57. The minimum absolute atomic E-state index is 0.00386. The van der Waals surface area contributed by atoms with E-state index < -0.39 is 17.6 Å². The van der Waals surface area contributed by atoms with Crippen LogP contribution in [0.1, 0.15) is 46.0 Å². The van der Waals surface area contributed by atoms with Crippen molar-refractivity contribution in [3.63, 3.8) is 0 Å². The summed E-state index contributed by atoms with van der Waals surface area (Å²) in [5.74, 6) is -0.877. The Bertz CT molecular complexity index is 1170. The minimum atomic E-state index is -4.49. The first kappa shape index (κ1) is 23.0. The number of carbonyl (C=O) groups excluding carboxylic acids is 2. The van der Waals surface area contributed by atoms with E-state index in [0.29, 0.717) is 38.1 Å². The highest BCUT2D eigenvalue weighted by atomic mass is 32.1. The topological polar surface area (TPSA) is 71.5 Å². The molecule has 1 aliphatic rings. The monoisotopic (exact) mass is 477 g/mol. The Kier molecular flexibility index (Phi) is 6.55. The van der Waals surface area contributed by atoms with Crippen molar-refractivity contribution in [3.8, 4) is 0 Å². The summed E-state index contributed by atoms with van der Waals surface area (Å²) < 4.78 is 44.6. The quantitative estimate of drug-likeness (QED) is 0.530. The molecule has 0 radical (unpaired) electrons. The van der Waals surface area contributed by atoms with Gasteiger partial charge in [0, 0.05) is 24.7 Å². The number of amides is 1. The van der Waals surface area contributed by atoms with Gasteiger partial charge >= 0.3 is 12.1 Å². The largest absolute Gasteiger partial charge is 0.462 e. The van der Waals surface area contributed by atoms with Gasteiger partial charge < -0.3 is 15.0 Å². The van der Waals surface area contributed by atoms with Gasteiger partial charge in [0.15, 0.2) is 5.13 Å². The number of piperidine rings is 1. The molecule has 1 saturated heterocycles. The lowest BCUT2D eigenvalue weighted by Crippen LogP contribution is -2.44. The number of aromatic nitrogens is 1. The van der Waals surface area contributed by atoms with Crippen LogP contribution >= 0.6 is 11.3 Å². The van der Waals surface area contributed by atoms with Crippen molar-refractivity contribution < 1.29 is 27.5 Å². The summed E-state index contributed by atoms with van der Waals surface area (Å²) >= 11 is 1.48. The molecule has 1 N–H and O–H groups in total. The highest BCUT2D eigenvalue weighted by molar-refractivity contribution is 7.22. The molecule has 1 aliphatic heterocycles. The molecular weight excluding hydrogens is 455 g/mol. The summed E-state index contributed by atoms with van der Waals surface area (Å²) in [6.45, 7) is 3.37. The molecule has 10 heteroatoms. The van der Waals surface area contributed by atoms with Crippen LogP contribution in [0, 0.1) is 0 Å². The van der Waals surface area contributed by atoms with Crippen molar-refractivity contribution in [3.05, 3.63) is 59.2 Å². The molecule has 0 unspecified atom stereocenters. The smallest absolute Gasteiger partial charge is 0.416 e. The second kappa shape index (κ2) is 9.38. The molecule has 0 spiro atoms. The van der Waals surface area contributed by atoms with Crippen LogP contribution in [-0.2, 0) is 10.9 Å². The van der Waals surface area contributed by atoms with Crippen LogP contribution in [0.15, 0.2) is 42.5 Å². The Balaban J connectivity index is 1.37. The zero-order valence-electron chi connectivity index (χ0n) is 17.8. The number of thiazole rings is 1. The number of alkyl halides is 3. The normalized spacial score (nSPS) is 15.0. The van der Waals surface area contributed by atoms with Crippen molar-refractivity contribution >= 4 is 38.6 Å². The maximum absolute atomic E-state index is 12.9. The average molecular weight is 478 g/mol. The van der Waals surface area contributed by atoms with Crippen LogP contribution in [0.25, 0.3) is 10.2 Å². The number of hydrogen-bond acceptors (Lipinski definition) is 6. The van der Waals surface area contributed by atoms with E-state index in [1.165, 1.54) is 23.5 Å². The zero-order chi connectivity index (χ0) is 23.6. The van der Waals surface area contributed by atoms with Gasteiger partial charge in [-0.3, -0.25) is 4.79 Å². The SMILES string of the molecule is CCOC(=O)c1ccc2nc(N3CCC(NC(=O)c4cccc(C(F)(F)F)c4)CC3)sc2c1. The number of anilines is 1. The molecule has 0 atom stereocenters. The van der Waals surface area contributed by atoms with Crippen LogP contribution in [0.4, 0.5) is 18.3 Å². The molecular formula is C23H22F3N3O3S. The Labute approximate surface area is 192 Å². The van der Waals surface area contributed by atoms with Crippen LogP contribution in [0.2, 0.25) is 0 Å². The average Bonchev–Trinajstić information content (AvgIpc) is 3.22. The molecule has 33 heavy (non-hydrogen) atoms. The van der Waals surface area contributed by atoms with Gasteiger partial charge in [0.2, 0.25) is 0 Å². The number of ether oxygens (including phenoxy) is 1. The number of fused-ring (bicyclic) bond motifs is 1. The third kappa shape index (κ3) is 5.27. The zero-order valence-corrected chi connectivity index (χ0v) is 18.6. The summed E-state index contributed by atoms with van der Waals surface area (Å²) in [5, 5.41) is 3.67. The van der Waals surface area contributed by atoms with E-state index in [4.69, 9.17) is 4.74 Å². The van der Waals surface area contributed by atoms with Gasteiger partial charge in [0.25, 0.3) is 5.91 Å². The molecule has 2 aromatic carbocycles. The van der Waals surface area contributed by atoms with E-state index in [9.17, 15) is 22.8 Å². The minimum Gasteiger partial charge on any atom is -0.462 e. The lowest BCUT2D eigenvalue weighted by atomic mass is 10.0. The molecule has 0 aliphatic carbocycles. The van der Waals surface area contributed by atoms with Crippen LogP contribution < -0.4 is 10.2 Å². The molecule has 0 bridgehead atoms. The fourth-order valence-corrected chi connectivity index (χ4v) is 4.77. The number of benzene rings is 2. The number of carbonyl (C=O) groups is 2. The Morgan fingerprint density at radius 2 is 1.91 bits per heavy atom. The number of hydrogen-bond donors (Lipinski definition) is 1. The summed E-state index contributed by atoms with van der Waals surface area (Å²) in [7, 11) is 0. The highest BCUT2D eigenvalue weighted by Gasteiger charge is 2.31. The fraction of sp³-hybridized carbons (Fsp3) is 0.348. The fourth-order valence-electron chi connectivity index (χ4n) is 3.71. The highest BCUT2D eigenvalue weighted by Crippen LogP contribution is 2.32. The molecule has 6 nitrogen and oxygen atoms in total. The first-order chi connectivity index (χ1) is 15.7. The van der Waals surface area contributed by atoms with Gasteiger partial charge in [-0.1, -0.05) is 17.4 Å². The number of rotatable bonds is 5. The Morgan fingerprint density at radius 1 is 1.15 bits per heavy atom. The standard InChI is InChI=1S/C23H22F3N3O3S/c1-2-32-21(31)15-6-7-18-19(13-15)33-22(28-18)29-10-8-17(9-11-29)27-20(30)14-4-3-5-16(12-14)23(24,25)26/h3-7,12-13,17H,2,8-11H2,1H3,(H,27,30). The lowest BCUT2D eigenvalue weighted by Gasteiger charge is -2.32. The van der Waals surface area contributed by atoms with Gasteiger partial charge in [-0.25, -0.2) is 9.78 Å². The van der Waals surface area contributed by atoms with Crippen molar-refractivity contribution in [1.82, 2.24) is 10.3 Å². The first-order valence-corrected chi connectivity index (χ1v) is 11.4. The van der Waals surface area contributed by atoms with Gasteiger partial charge in [0.1, 0.15) is 0 Å². The van der Waals surface area contributed by atoms with Gasteiger partial charge in [-0.05, 0) is 56.2 Å². The summed E-state index contributed by atoms with van der Waals surface area (Å²) in [4.78, 5) is 31.2. The summed E-state index contributed by atoms with van der Waals surface area (Å²) in [6.07, 6.45) is -3.20. The number of nitrogens with one attached hydrogen (secondary N) is 1. The second-order valence-corrected chi connectivity index (χ2v) is 8.72. The molecule has 1 amide bonds. The molecule has 1 aromatic heterocycles. The van der Waals surface area contributed by atoms with Crippen molar-refractivity contribution in [2.45, 2.75) is 32.0 Å².